The van der Waals surface area contributed by atoms with Crippen LogP contribution < -0.4 is 0 Å². The molecule has 2 aromatic rings. The highest BCUT2D eigenvalue weighted by atomic mass is 79.9. The van der Waals surface area contributed by atoms with Gasteiger partial charge in [-0.1, -0.05) is 12.1 Å². The monoisotopic (exact) mass is 528 g/mol. The van der Waals surface area contributed by atoms with Crippen molar-refractivity contribution in [1.82, 2.24) is 0 Å². The molecule has 0 bridgehead atoms. The van der Waals surface area contributed by atoms with Gasteiger partial charge < -0.3 is 0 Å². The third kappa shape index (κ3) is 3.38. The summed E-state index contributed by atoms with van der Waals surface area (Å²) in [6, 6.07) is 4.15. The van der Waals surface area contributed by atoms with E-state index in [0.717, 1.165) is 44.5 Å². The Bertz CT molecular complexity index is 1120. The molecule has 0 saturated heterocycles. The second kappa shape index (κ2) is 8.05. The first-order valence-corrected chi connectivity index (χ1v) is 11.5. The van der Waals surface area contributed by atoms with E-state index in [2.05, 4.69) is 71.7 Å². The first kappa shape index (κ1) is 22.9. The van der Waals surface area contributed by atoms with Gasteiger partial charge in [0, 0.05) is 11.1 Å². The average Bonchev–Trinajstić information content (AvgIpc) is 2.68. The Morgan fingerprint density at radius 2 is 0.800 bits per heavy atom. The predicted octanol–water partition coefficient (Wildman–Crippen LogP) is 7.22. The van der Waals surface area contributed by atoms with Gasteiger partial charge in [0.15, 0.2) is 0 Å². The van der Waals surface area contributed by atoms with E-state index in [0.29, 0.717) is 20.1 Å². The fourth-order valence-corrected chi connectivity index (χ4v) is 5.58. The minimum atomic E-state index is -0.164. The molecule has 4 heteroatoms. The highest BCUT2D eigenvalue weighted by Crippen LogP contribution is 2.44. The molecule has 0 saturated carbocycles. The van der Waals surface area contributed by atoms with Gasteiger partial charge in [-0.2, -0.15) is 0 Å². The molecule has 30 heavy (non-hydrogen) atoms. The summed E-state index contributed by atoms with van der Waals surface area (Å²) in [6.45, 7) is 16.2. The maximum absolute atomic E-state index is 13.6. The summed E-state index contributed by atoms with van der Waals surface area (Å²) < 4.78 is 0.661. The number of Topliss-reactive ketones (excluding diaryl/α,β-unsaturated/α-hetero) is 2. The molecule has 3 rings (SSSR count). The molecule has 1 aliphatic rings. The van der Waals surface area contributed by atoms with Crippen molar-refractivity contribution in [1.29, 1.82) is 0 Å². The van der Waals surface area contributed by atoms with Gasteiger partial charge in [0.1, 0.15) is 0 Å². The average molecular weight is 530 g/mol. The second-order valence-corrected chi connectivity index (χ2v) is 9.89. The maximum Gasteiger partial charge on any atom is 0.202 e. The lowest BCUT2D eigenvalue weighted by atomic mass is 9.81. The van der Waals surface area contributed by atoms with E-state index in [-0.39, 0.29) is 11.6 Å². The third-order valence-electron chi connectivity index (χ3n) is 6.50. The van der Waals surface area contributed by atoms with Crippen LogP contribution in [0.15, 0.2) is 21.1 Å². The fourth-order valence-electron chi connectivity index (χ4n) is 4.43. The molecule has 0 spiro atoms. The Morgan fingerprint density at radius 1 is 0.500 bits per heavy atom. The summed E-state index contributed by atoms with van der Waals surface area (Å²) in [5.41, 5.74) is 11.2. The van der Waals surface area contributed by atoms with Crippen LogP contribution in [0.4, 0.5) is 0 Å². The van der Waals surface area contributed by atoms with Crippen LogP contribution in [0.3, 0.4) is 0 Å². The first-order valence-electron chi connectivity index (χ1n) is 9.94. The van der Waals surface area contributed by atoms with Crippen LogP contribution in [-0.2, 0) is 9.59 Å². The van der Waals surface area contributed by atoms with E-state index in [1.54, 1.807) is 0 Å². The first-order chi connectivity index (χ1) is 13.9. The molecule has 2 nitrogen and oxygen atoms in total. The predicted molar refractivity (Wildman–Crippen MR) is 132 cm³/mol. The van der Waals surface area contributed by atoms with E-state index in [9.17, 15) is 9.59 Å². The molecule has 0 atom stereocenters. The Hall–Kier alpha value is -1.78. The van der Waals surface area contributed by atoms with Crippen molar-refractivity contribution in [2.75, 3.05) is 0 Å². The van der Waals surface area contributed by atoms with Crippen molar-refractivity contribution in [3.8, 4) is 0 Å². The Kier molecular flexibility index (Phi) is 6.14. The number of carbonyl (C=O) groups excluding carboxylic acids is 2. The zero-order valence-electron chi connectivity index (χ0n) is 18.7. The molecule has 0 fully saturated rings. The molecule has 2 aromatic carbocycles. The Balaban J connectivity index is 2.31. The van der Waals surface area contributed by atoms with E-state index in [4.69, 9.17) is 0 Å². The number of benzene rings is 2. The number of allylic oxidation sites excluding steroid dienone is 4. The molecular weight excluding hydrogens is 504 g/mol. The molecule has 0 radical (unpaired) electrons. The van der Waals surface area contributed by atoms with Gasteiger partial charge >= 0.3 is 0 Å². The number of ketones is 2. The number of hydrogen-bond acceptors (Lipinski definition) is 2. The normalized spacial score (nSPS) is 14.9. The highest BCUT2D eigenvalue weighted by Gasteiger charge is 2.36. The Labute approximate surface area is 195 Å². The highest BCUT2D eigenvalue weighted by molar-refractivity contribution is 9.12. The van der Waals surface area contributed by atoms with Crippen molar-refractivity contribution in [3.63, 3.8) is 0 Å². The standard InChI is InChI=1S/C26H26Br2O2/c1-11-9-13(3)19(17(7)15(11)5)21-23(27)26(30)22(24(28)25(21)29)20-14(4)10-12(2)16(6)18(20)8/h9-10H,1-8H3. The van der Waals surface area contributed by atoms with Gasteiger partial charge in [0.2, 0.25) is 11.6 Å². The Morgan fingerprint density at radius 3 is 1.10 bits per heavy atom. The quantitative estimate of drug-likeness (QED) is 0.385. The summed E-state index contributed by atoms with van der Waals surface area (Å²) in [5.74, 6) is -0.328. The number of halogens is 2. The van der Waals surface area contributed by atoms with E-state index in [1.807, 2.05) is 27.7 Å². The van der Waals surface area contributed by atoms with Gasteiger partial charge in [-0.15, -0.1) is 0 Å². The topological polar surface area (TPSA) is 34.1 Å². The fraction of sp³-hybridized carbons (Fsp3) is 0.308. The van der Waals surface area contributed by atoms with Crippen LogP contribution in [-0.4, -0.2) is 11.6 Å². The maximum atomic E-state index is 13.6. The van der Waals surface area contributed by atoms with E-state index >= 15 is 0 Å². The van der Waals surface area contributed by atoms with Crippen molar-refractivity contribution in [3.05, 3.63) is 76.7 Å². The van der Waals surface area contributed by atoms with Crippen molar-refractivity contribution in [2.45, 2.75) is 55.4 Å². The molecule has 1 aliphatic carbocycles. The second-order valence-electron chi connectivity index (χ2n) is 8.31. The lowest BCUT2D eigenvalue weighted by Gasteiger charge is -2.25. The molecule has 0 aliphatic heterocycles. The zero-order chi connectivity index (χ0) is 22.7. The van der Waals surface area contributed by atoms with Gasteiger partial charge in [-0.05, 0) is 143 Å². The van der Waals surface area contributed by atoms with Gasteiger partial charge in [0.05, 0.1) is 8.96 Å². The van der Waals surface area contributed by atoms with Gasteiger partial charge in [0.25, 0.3) is 0 Å². The minimum Gasteiger partial charge on any atom is -0.288 e. The summed E-state index contributed by atoms with van der Waals surface area (Å²) in [4.78, 5) is 27.2. The molecular formula is C26H26Br2O2. The number of hydrogen-bond donors (Lipinski definition) is 0. The summed E-state index contributed by atoms with van der Waals surface area (Å²) >= 11 is 7.02. The van der Waals surface area contributed by atoms with Gasteiger partial charge in [-0.25, -0.2) is 0 Å². The van der Waals surface area contributed by atoms with E-state index < -0.39 is 0 Å². The third-order valence-corrected chi connectivity index (χ3v) is 8.02. The molecule has 0 N–H and O–H groups in total. The summed E-state index contributed by atoms with van der Waals surface area (Å²) in [6.07, 6.45) is 0. The van der Waals surface area contributed by atoms with Crippen LogP contribution in [0.5, 0.6) is 0 Å². The molecule has 156 valence electrons. The van der Waals surface area contributed by atoms with Crippen LogP contribution in [0.1, 0.15) is 55.6 Å². The van der Waals surface area contributed by atoms with E-state index in [1.165, 1.54) is 11.1 Å². The number of aryl methyl sites for hydroxylation is 4. The number of rotatable bonds is 2. The SMILES string of the molecule is Cc1cc(C)c(C2=C(Br)C(=O)C(c3c(C)cc(C)c(C)c3C)=C(Br)C2=O)c(C)c1C. The van der Waals surface area contributed by atoms with Crippen LogP contribution in [0.2, 0.25) is 0 Å². The number of carbonyl (C=O) groups is 2. The molecule has 0 aromatic heterocycles. The molecule has 0 unspecified atom stereocenters. The zero-order valence-corrected chi connectivity index (χ0v) is 21.9. The lowest BCUT2D eigenvalue weighted by molar-refractivity contribution is -0.113. The van der Waals surface area contributed by atoms with Crippen LogP contribution >= 0.6 is 31.9 Å². The van der Waals surface area contributed by atoms with Gasteiger partial charge in [-0.3, -0.25) is 9.59 Å². The summed E-state index contributed by atoms with van der Waals surface area (Å²) in [7, 11) is 0. The minimum absolute atomic E-state index is 0.164. The largest absolute Gasteiger partial charge is 0.288 e. The van der Waals surface area contributed by atoms with Crippen LogP contribution in [0.25, 0.3) is 11.1 Å². The summed E-state index contributed by atoms with van der Waals surface area (Å²) in [5, 5.41) is 0. The smallest absolute Gasteiger partial charge is 0.202 e. The van der Waals surface area contributed by atoms with Crippen molar-refractivity contribution >= 4 is 54.6 Å². The van der Waals surface area contributed by atoms with Crippen LogP contribution in [0, 0.1) is 55.4 Å². The van der Waals surface area contributed by atoms with Crippen molar-refractivity contribution in [2.24, 2.45) is 0 Å². The molecule has 0 heterocycles. The lowest BCUT2D eigenvalue weighted by Crippen LogP contribution is -2.21. The molecule has 0 amide bonds. The van der Waals surface area contributed by atoms with Crippen molar-refractivity contribution < 1.29 is 9.59 Å².